The number of nitrogens with one attached hydrogen (secondary N) is 1. The zero-order valence-electron chi connectivity index (χ0n) is 13.1. The summed E-state index contributed by atoms with van der Waals surface area (Å²) in [6.45, 7) is 4.31. The summed E-state index contributed by atoms with van der Waals surface area (Å²) in [4.78, 5) is 0. The molecule has 3 N–H and O–H groups in total. The maximum atomic E-state index is 14.0. The van der Waals surface area contributed by atoms with Crippen molar-refractivity contribution >= 4 is 17.3 Å². The van der Waals surface area contributed by atoms with Crippen molar-refractivity contribution < 1.29 is 4.39 Å². The number of hydrogen-bond donors (Lipinski definition) is 2. The lowest BCUT2D eigenvalue weighted by molar-refractivity contribution is 0.537. The normalized spacial score (nSPS) is 19.2. The van der Waals surface area contributed by atoms with E-state index in [1.54, 1.807) is 6.07 Å². The number of allylic oxidation sites excluding steroid dienone is 1. The molecule has 0 aliphatic carbocycles. The fourth-order valence-corrected chi connectivity index (χ4v) is 2.91. The Kier molecular flexibility index (Phi) is 5.83. The fourth-order valence-electron chi connectivity index (χ4n) is 2.73. The Bertz CT molecular complexity index is 583. The van der Waals surface area contributed by atoms with Crippen LogP contribution in [0.2, 0.25) is 5.02 Å². The summed E-state index contributed by atoms with van der Waals surface area (Å²) >= 11 is 5.95. The number of nitrogens with two attached hydrogens (primary N) is 1. The first-order chi connectivity index (χ1) is 10.6. The molecule has 1 heterocycles. The van der Waals surface area contributed by atoms with Crippen LogP contribution in [0.25, 0.3) is 0 Å². The first-order valence-corrected chi connectivity index (χ1v) is 8.20. The molecule has 2 unspecified atom stereocenters. The van der Waals surface area contributed by atoms with Gasteiger partial charge >= 0.3 is 0 Å². The second-order valence-corrected chi connectivity index (χ2v) is 6.08. The Labute approximate surface area is 136 Å². The summed E-state index contributed by atoms with van der Waals surface area (Å²) in [5.74, 6) is 0.0245. The molecule has 0 fully saturated rings. The highest BCUT2D eigenvalue weighted by atomic mass is 35.5. The summed E-state index contributed by atoms with van der Waals surface area (Å²) in [6, 6.07) is 4.11. The van der Waals surface area contributed by atoms with E-state index in [0.717, 1.165) is 31.4 Å². The summed E-state index contributed by atoms with van der Waals surface area (Å²) in [5.41, 5.74) is 11.2. The number of benzene rings is 1. The Morgan fingerprint density at radius 2 is 2.18 bits per heavy atom. The van der Waals surface area contributed by atoms with Crippen molar-refractivity contribution in [2.75, 3.05) is 0 Å². The summed E-state index contributed by atoms with van der Waals surface area (Å²) in [5, 5.41) is 4.92. The standard InChI is InChI=1S/C17H23ClFN3/c1-3-5-6-11(4-2)17-15(20)10-16(21-22-17)13-9-12(18)7-8-14(13)19/h7-11,16,21H,3-6,20H2,1-2H3. The minimum Gasteiger partial charge on any atom is -0.397 e. The van der Waals surface area contributed by atoms with Gasteiger partial charge < -0.3 is 5.73 Å². The molecule has 0 bridgehead atoms. The van der Waals surface area contributed by atoms with Crippen molar-refractivity contribution in [1.82, 2.24) is 5.43 Å². The molecular weight excluding hydrogens is 301 g/mol. The quantitative estimate of drug-likeness (QED) is 0.807. The molecule has 1 aromatic carbocycles. The van der Waals surface area contributed by atoms with E-state index in [4.69, 9.17) is 17.3 Å². The molecule has 1 aromatic rings. The average molecular weight is 324 g/mol. The molecule has 0 amide bonds. The van der Waals surface area contributed by atoms with Crippen molar-refractivity contribution in [3.8, 4) is 0 Å². The SMILES string of the molecule is CCCCC(CC)C1=NNC(c2cc(Cl)ccc2F)C=C1N. The average Bonchev–Trinajstić information content (AvgIpc) is 2.51. The molecule has 0 spiro atoms. The predicted octanol–water partition coefficient (Wildman–Crippen LogP) is 4.54. The molecule has 3 nitrogen and oxygen atoms in total. The van der Waals surface area contributed by atoms with Gasteiger partial charge in [0.1, 0.15) is 5.82 Å². The highest BCUT2D eigenvalue weighted by molar-refractivity contribution is 6.30. The van der Waals surface area contributed by atoms with Gasteiger partial charge in [-0.1, -0.05) is 38.3 Å². The molecule has 2 atom stereocenters. The lowest BCUT2D eigenvalue weighted by Gasteiger charge is -2.25. The van der Waals surface area contributed by atoms with E-state index in [1.807, 2.05) is 6.08 Å². The summed E-state index contributed by atoms with van der Waals surface area (Å²) in [6.07, 6.45) is 6.18. The first-order valence-electron chi connectivity index (χ1n) is 7.82. The van der Waals surface area contributed by atoms with E-state index >= 15 is 0 Å². The van der Waals surface area contributed by atoms with Crippen molar-refractivity contribution in [2.24, 2.45) is 16.8 Å². The zero-order valence-corrected chi connectivity index (χ0v) is 13.8. The number of unbranched alkanes of at least 4 members (excludes halogenated alkanes) is 1. The van der Waals surface area contributed by atoms with Crippen LogP contribution in [-0.2, 0) is 0 Å². The zero-order chi connectivity index (χ0) is 16.1. The monoisotopic (exact) mass is 323 g/mol. The van der Waals surface area contributed by atoms with Crippen LogP contribution in [0.4, 0.5) is 4.39 Å². The van der Waals surface area contributed by atoms with Crippen LogP contribution in [0, 0.1) is 11.7 Å². The Hall–Kier alpha value is -1.55. The fraction of sp³-hybridized carbons (Fsp3) is 0.471. The third-order valence-electron chi connectivity index (χ3n) is 4.04. The van der Waals surface area contributed by atoms with Gasteiger partial charge in [0.15, 0.2) is 0 Å². The lowest BCUT2D eigenvalue weighted by atomic mass is 9.90. The smallest absolute Gasteiger partial charge is 0.128 e. The van der Waals surface area contributed by atoms with Gasteiger partial charge in [0.25, 0.3) is 0 Å². The van der Waals surface area contributed by atoms with Crippen LogP contribution in [0.15, 0.2) is 35.1 Å². The molecule has 120 valence electrons. The van der Waals surface area contributed by atoms with E-state index in [9.17, 15) is 4.39 Å². The van der Waals surface area contributed by atoms with Crippen LogP contribution >= 0.6 is 11.6 Å². The van der Waals surface area contributed by atoms with E-state index < -0.39 is 0 Å². The van der Waals surface area contributed by atoms with Crippen molar-refractivity contribution in [1.29, 1.82) is 0 Å². The largest absolute Gasteiger partial charge is 0.397 e. The predicted molar refractivity (Wildman–Crippen MR) is 90.3 cm³/mol. The first kappa shape index (κ1) is 16.8. The van der Waals surface area contributed by atoms with Crippen molar-refractivity contribution in [3.63, 3.8) is 0 Å². The molecular formula is C17H23ClFN3. The molecule has 22 heavy (non-hydrogen) atoms. The van der Waals surface area contributed by atoms with Gasteiger partial charge in [-0.05, 0) is 37.1 Å². The maximum Gasteiger partial charge on any atom is 0.128 e. The molecule has 0 radical (unpaired) electrons. The van der Waals surface area contributed by atoms with Gasteiger partial charge in [-0.3, -0.25) is 5.43 Å². The Morgan fingerprint density at radius 3 is 2.82 bits per heavy atom. The topological polar surface area (TPSA) is 50.4 Å². The highest BCUT2D eigenvalue weighted by Gasteiger charge is 2.23. The van der Waals surface area contributed by atoms with Crippen LogP contribution in [0.1, 0.15) is 51.1 Å². The molecule has 1 aliphatic rings. The number of halogens is 2. The Balaban J connectivity index is 2.18. The van der Waals surface area contributed by atoms with Crippen molar-refractivity contribution in [3.05, 3.63) is 46.4 Å². The minimum absolute atomic E-state index is 0.317. The third-order valence-corrected chi connectivity index (χ3v) is 4.28. The minimum atomic E-state index is -0.383. The molecule has 0 aromatic heterocycles. The lowest BCUT2D eigenvalue weighted by Crippen LogP contribution is -2.31. The molecule has 0 saturated heterocycles. The number of nitrogens with zero attached hydrogens (tertiary/aromatic N) is 1. The van der Waals surface area contributed by atoms with E-state index in [-0.39, 0.29) is 11.9 Å². The van der Waals surface area contributed by atoms with Crippen molar-refractivity contribution in [2.45, 2.75) is 45.6 Å². The van der Waals surface area contributed by atoms with E-state index in [0.29, 0.717) is 22.2 Å². The molecule has 1 aliphatic heterocycles. The van der Waals surface area contributed by atoms with Gasteiger partial charge in [-0.2, -0.15) is 5.10 Å². The number of hydrogen-bond acceptors (Lipinski definition) is 3. The van der Waals surface area contributed by atoms with Gasteiger partial charge in [0.05, 0.1) is 17.5 Å². The van der Waals surface area contributed by atoms with Gasteiger partial charge in [0.2, 0.25) is 0 Å². The summed E-state index contributed by atoms with van der Waals surface area (Å²) in [7, 11) is 0. The maximum absolute atomic E-state index is 14.0. The van der Waals surface area contributed by atoms with E-state index in [2.05, 4.69) is 24.4 Å². The van der Waals surface area contributed by atoms with Gasteiger partial charge in [-0.15, -0.1) is 0 Å². The van der Waals surface area contributed by atoms with Crippen LogP contribution in [0.5, 0.6) is 0 Å². The van der Waals surface area contributed by atoms with Gasteiger partial charge in [-0.25, -0.2) is 4.39 Å². The van der Waals surface area contributed by atoms with Crippen LogP contribution in [-0.4, -0.2) is 5.71 Å². The van der Waals surface area contributed by atoms with Gasteiger partial charge in [0, 0.05) is 16.5 Å². The van der Waals surface area contributed by atoms with E-state index in [1.165, 1.54) is 12.1 Å². The van der Waals surface area contributed by atoms with Crippen LogP contribution < -0.4 is 11.2 Å². The highest BCUT2D eigenvalue weighted by Crippen LogP contribution is 2.27. The second kappa shape index (κ2) is 7.63. The van der Waals surface area contributed by atoms with Crippen LogP contribution in [0.3, 0.4) is 0 Å². The molecule has 2 rings (SSSR count). The Morgan fingerprint density at radius 1 is 1.41 bits per heavy atom. The molecule has 5 heteroatoms. The number of hydrazone groups is 1. The third kappa shape index (κ3) is 3.80. The molecule has 0 saturated carbocycles. The summed E-state index contributed by atoms with van der Waals surface area (Å²) < 4.78 is 14.0. The second-order valence-electron chi connectivity index (χ2n) is 5.64. The number of rotatable bonds is 6.